The molecule has 0 radical (unpaired) electrons. The molecule has 0 fully saturated rings. The predicted molar refractivity (Wildman–Crippen MR) is 91.7 cm³/mol. The molecule has 1 aliphatic rings. The summed E-state index contributed by atoms with van der Waals surface area (Å²) in [5, 5.41) is 9.88. The Balaban J connectivity index is 2.31. The number of rotatable bonds is 3. The molecule has 0 amide bonds. The first-order valence-corrected chi connectivity index (χ1v) is 7.98. The molecule has 1 unspecified atom stereocenters. The van der Waals surface area contributed by atoms with E-state index < -0.39 is 17.7 Å². The number of carbonyl (C=O) groups excluding carboxylic acids is 1. The van der Waals surface area contributed by atoms with Gasteiger partial charge in [0.2, 0.25) is 5.88 Å². The van der Waals surface area contributed by atoms with Gasteiger partial charge in [0.25, 0.3) is 0 Å². The molecule has 26 heavy (non-hydrogen) atoms. The van der Waals surface area contributed by atoms with Crippen LogP contribution in [0, 0.1) is 17.1 Å². The molecule has 1 aliphatic heterocycles. The molecule has 2 N–H and O–H groups in total. The van der Waals surface area contributed by atoms with E-state index >= 15 is 0 Å². The van der Waals surface area contributed by atoms with Crippen molar-refractivity contribution in [3.8, 4) is 6.07 Å². The number of pyridine rings is 1. The first-order chi connectivity index (χ1) is 12.5. The summed E-state index contributed by atoms with van der Waals surface area (Å²) >= 11 is 0. The lowest BCUT2D eigenvalue weighted by molar-refractivity contribution is -0.139. The van der Waals surface area contributed by atoms with E-state index in [2.05, 4.69) is 4.98 Å². The van der Waals surface area contributed by atoms with Gasteiger partial charge in [0.05, 0.1) is 23.6 Å². The molecule has 6 nitrogen and oxygen atoms in total. The zero-order valence-electron chi connectivity index (χ0n) is 14.2. The highest BCUT2D eigenvalue weighted by Crippen LogP contribution is 2.41. The Morgan fingerprint density at radius 1 is 1.46 bits per heavy atom. The molecule has 1 aromatic heterocycles. The van der Waals surface area contributed by atoms with Crippen molar-refractivity contribution in [2.45, 2.75) is 19.8 Å². The summed E-state index contributed by atoms with van der Waals surface area (Å²) in [4.78, 5) is 16.8. The van der Waals surface area contributed by atoms with Crippen molar-refractivity contribution < 1.29 is 18.7 Å². The zero-order chi connectivity index (χ0) is 18.8. The second kappa shape index (κ2) is 6.84. The summed E-state index contributed by atoms with van der Waals surface area (Å²) in [6.07, 6.45) is 1.52. The van der Waals surface area contributed by atoms with Gasteiger partial charge in [0, 0.05) is 11.6 Å². The molecule has 0 saturated heterocycles. The lowest BCUT2D eigenvalue weighted by Crippen LogP contribution is -2.25. The second-order valence-electron chi connectivity index (χ2n) is 5.65. The van der Waals surface area contributed by atoms with Gasteiger partial charge in [-0.05, 0) is 37.6 Å². The molecule has 132 valence electrons. The van der Waals surface area contributed by atoms with E-state index in [1.165, 1.54) is 18.3 Å². The standard InChI is InChI=1S/C19H16FN3O3/c1-3-25-19(24)15-10(2)26-18(22)13(9-21)16(15)12-6-7-14(20)11-5-4-8-23-17(11)12/h4-8,16H,3,22H2,1-2H3. The minimum atomic E-state index is -0.856. The average molecular weight is 353 g/mol. The number of esters is 1. The number of carbonyl (C=O) groups is 1. The third-order valence-corrected chi connectivity index (χ3v) is 4.16. The lowest BCUT2D eigenvalue weighted by atomic mass is 9.82. The Labute approximate surface area is 149 Å². The highest BCUT2D eigenvalue weighted by atomic mass is 19.1. The van der Waals surface area contributed by atoms with Crippen LogP contribution in [0.1, 0.15) is 25.3 Å². The monoisotopic (exact) mass is 353 g/mol. The van der Waals surface area contributed by atoms with Crippen LogP contribution in [0.3, 0.4) is 0 Å². The normalized spacial score (nSPS) is 17.1. The quantitative estimate of drug-likeness (QED) is 0.852. The first-order valence-electron chi connectivity index (χ1n) is 7.98. The second-order valence-corrected chi connectivity index (χ2v) is 5.65. The van der Waals surface area contributed by atoms with Crippen LogP contribution in [0.5, 0.6) is 0 Å². The summed E-state index contributed by atoms with van der Waals surface area (Å²) < 4.78 is 24.7. The van der Waals surface area contributed by atoms with E-state index in [9.17, 15) is 14.4 Å². The van der Waals surface area contributed by atoms with Crippen molar-refractivity contribution in [3.63, 3.8) is 0 Å². The number of nitrogens with zero attached hydrogens (tertiary/aromatic N) is 2. The van der Waals surface area contributed by atoms with E-state index in [0.29, 0.717) is 11.1 Å². The molecule has 0 spiro atoms. The molecule has 3 rings (SSSR count). The van der Waals surface area contributed by atoms with Crippen molar-refractivity contribution in [1.29, 1.82) is 5.26 Å². The summed E-state index contributed by atoms with van der Waals surface area (Å²) in [5.41, 5.74) is 6.90. The van der Waals surface area contributed by atoms with Crippen LogP contribution < -0.4 is 5.73 Å². The van der Waals surface area contributed by atoms with Gasteiger partial charge in [-0.1, -0.05) is 6.07 Å². The van der Waals surface area contributed by atoms with E-state index in [1.54, 1.807) is 26.0 Å². The number of nitrogens with two attached hydrogens (primary N) is 1. The van der Waals surface area contributed by atoms with Gasteiger partial charge in [-0.25, -0.2) is 9.18 Å². The van der Waals surface area contributed by atoms with E-state index in [1.807, 2.05) is 6.07 Å². The Morgan fingerprint density at radius 2 is 2.23 bits per heavy atom. The Morgan fingerprint density at radius 3 is 2.92 bits per heavy atom. The molecule has 2 heterocycles. The van der Waals surface area contributed by atoms with E-state index in [0.717, 1.165) is 0 Å². The SMILES string of the molecule is CCOC(=O)C1=C(C)OC(N)=C(C#N)C1c1ccc(F)c2cccnc12. The maximum absolute atomic E-state index is 14.2. The fraction of sp³-hybridized carbons (Fsp3) is 0.211. The van der Waals surface area contributed by atoms with Gasteiger partial charge in [-0.15, -0.1) is 0 Å². The zero-order valence-corrected chi connectivity index (χ0v) is 14.2. The molecule has 1 atom stereocenters. The van der Waals surface area contributed by atoms with Crippen LogP contribution in [-0.2, 0) is 14.3 Å². The fourth-order valence-corrected chi connectivity index (χ4v) is 3.06. The number of nitriles is 1. The summed E-state index contributed by atoms with van der Waals surface area (Å²) in [5.74, 6) is -1.79. The van der Waals surface area contributed by atoms with Gasteiger partial charge >= 0.3 is 5.97 Å². The minimum Gasteiger partial charge on any atom is -0.463 e. The molecule has 0 aliphatic carbocycles. The lowest BCUT2D eigenvalue weighted by Gasteiger charge is -2.27. The third-order valence-electron chi connectivity index (χ3n) is 4.16. The summed E-state index contributed by atoms with van der Waals surface area (Å²) in [6, 6.07) is 7.97. The van der Waals surface area contributed by atoms with E-state index in [4.69, 9.17) is 15.2 Å². The van der Waals surface area contributed by atoms with Crippen LogP contribution in [0.15, 0.2) is 53.3 Å². The largest absolute Gasteiger partial charge is 0.463 e. The highest BCUT2D eigenvalue weighted by Gasteiger charge is 2.37. The van der Waals surface area contributed by atoms with Crippen molar-refractivity contribution in [2.75, 3.05) is 6.61 Å². The molecular formula is C19H16FN3O3. The highest BCUT2D eigenvalue weighted by molar-refractivity contribution is 5.94. The average Bonchev–Trinajstić information content (AvgIpc) is 2.62. The number of hydrogen-bond acceptors (Lipinski definition) is 6. The summed E-state index contributed by atoms with van der Waals surface area (Å²) in [7, 11) is 0. The van der Waals surface area contributed by atoms with Crippen LogP contribution in [0.25, 0.3) is 10.9 Å². The molecule has 1 aromatic carbocycles. The smallest absolute Gasteiger partial charge is 0.338 e. The molecule has 2 aromatic rings. The van der Waals surface area contributed by atoms with Gasteiger partial charge in [-0.2, -0.15) is 5.26 Å². The van der Waals surface area contributed by atoms with Gasteiger partial charge < -0.3 is 15.2 Å². The van der Waals surface area contributed by atoms with Gasteiger partial charge in [0.15, 0.2) is 0 Å². The number of hydrogen-bond donors (Lipinski definition) is 1. The first kappa shape index (κ1) is 17.4. The van der Waals surface area contributed by atoms with E-state index in [-0.39, 0.29) is 34.8 Å². The summed E-state index contributed by atoms with van der Waals surface area (Å²) in [6.45, 7) is 3.40. The van der Waals surface area contributed by atoms with Gasteiger partial charge in [-0.3, -0.25) is 4.98 Å². The van der Waals surface area contributed by atoms with Crippen molar-refractivity contribution in [2.24, 2.45) is 5.73 Å². The predicted octanol–water partition coefficient (Wildman–Crippen LogP) is 3.02. The fourth-order valence-electron chi connectivity index (χ4n) is 3.06. The maximum Gasteiger partial charge on any atom is 0.338 e. The Bertz CT molecular complexity index is 1000. The Kier molecular flexibility index (Phi) is 4.59. The molecule has 0 saturated carbocycles. The van der Waals surface area contributed by atoms with Crippen LogP contribution in [0.2, 0.25) is 0 Å². The molecule has 0 bridgehead atoms. The number of aromatic nitrogens is 1. The number of fused-ring (bicyclic) bond motifs is 1. The Hall–Kier alpha value is -3.40. The van der Waals surface area contributed by atoms with Crippen molar-refractivity contribution in [3.05, 3.63) is 64.6 Å². The van der Waals surface area contributed by atoms with Crippen molar-refractivity contribution >= 4 is 16.9 Å². The molecular weight excluding hydrogens is 337 g/mol. The number of halogens is 1. The third kappa shape index (κ3) is 2.75. The van der Waals surface area contributed by atoms with Gasteiger partial charge in [0.1, 0.15) is 23.2 Å². The van der Waals surface area contributed by atoms with Crippen LogP contribution in [-0.4, -0.2) is 17.6 Å². The topological polar surface area (TPSA) is 98.2 Å². The maximum atomic E-state index is 14.2. The van der Waals surface area contributed by atoms with Crippen LogP contribution in [0.4, 0.5) is 4.39 Å². The van der Waals surface area contributed by atoms with Crippen LogP contribution >= 0.6 is 0 Å². The molecule has 7 heteroatoms. The number of allylic oxidation sites excluding steroid dienone is 2. The number of ether oxygens (including phenoxy) is 2. The minimum absolute atomic E-state index is 0.0530. The van der Waals surface area contributed by atoms with Crippen molar-refractivity contribution in [1.82, 2.24) is 4.98 Å². The number of benzene rings is 1.